The van der Waals surface area contributed by atoms with Crippen LogP contribution < -0.4 is 16.0 Å². The maximum Gasteiger partial charge on any atom is 0.223 e. The Bertz CT molecular complexity index is 600. The highest BCUT2D eigenvalue weighted by molar-refractivity contribution is 6.30. The second-order valence-corrected chi connectivity index (χ2v) is 5.27. The first-order valence-corrected chi connectivity index (χ1v) is 7.25. The van der Waals surface area contributed by atoms with Gasteiger partial charge in [0.2, 0.25) is 5.95 Å². The van der Waals surface area contributed by atoms with Gasteiger partial charge in [-0.3, -0.25) is 0 Å². The fourth-order valence-corrected chi connectivity index (χ4v) is 2.19. The minimum atomic E-state index is 0.144. The molecule has 5 nitrogen and oxygen atoms in total. The minimum absolute atomic E-state index is 0.144. The van der Waals surface area contributed by atoms with Gasteiger partial charge in [0.25, 0.3) is 0 Å². The second kappa shape index (κ2) is 6.63. The smallest absolute Gasteiger partial charge is 0.223 e. The summed E-state index contributed by atoms with van der Waals surface area (Å²) in [7, 11) is 1.98. The Balaban J connectivity index is 2.26. The largest absolute Gasteiger partial charge is 0.370 e. The van der Waals surface area contributed by atoms with Gasteiger partial charge in [-0.2, -0.15) is 9.97 Å². The number of nitrogens with two attached hydrogens (primary N) is 1. The van der Waals surface area contributed by atoms with Crippen LogP contribution in [0.1, 0.15) is 25.5 Å². The van der Waals surface area contributed by atoms with Gasteiger partial charge in [0, 0.05) is 24.7 Å². The lowest BCUT2D eigenvalue weighted by molar-refractivity contribution is 0.728. The topological polar surface area (TPSA) is 67.1 Å². The van der Waals surface area contributed by atoms with Gasteiger partial charge < -0.3 is 16.0 Å². The van der Waals surface area contributed by atoms with Gasteiger partial charge in [0.1, 0.15) is 11.6 Å². The van der Waals surface area contributed by atoms with E-state index < -0.39 is 0 Å². The number of aromatic nitrogens is 2. The Morgan fingerprint density at radius 2 is 1.95 bits per heavy atom. The van der Waals surface area contributed by atoms with Crippen molar-refractivity contribution >= 4 is 29.2 Å². The lowest BCUT2D eigenvalue weighted by atomic mass is 10.1. The fraction of sp³-hybridized carbons (Fsp3) is 0.333. The van der Waals surface area contributed by atoms with Crippen molar-refractivity contribution in [3.05, 3.63) is 40.9 Å². The third-order valence-electron chi connectivity index (χ3n) is 3.38. The first kappa shape index (κ1) is 15.4. The first-order chi connectivity index (χ1) is 10.0. The van der Waals surface area contributed by atoms with Crippen LogP contribution in [0.5, 0.6) is 0 Å². The zero-order valence-electron chi connectivity index (χ0n) is 12.5. The van der Waals surface area contributed by atoms with Crippen molar-refractivity contribution in [3.63, 3.8) is 0 Å². The minimum Gasteiger partial charge on any atom is -0.370 e. The summed E-state index contributed by atoms with van der Waals surface area (Å²) in [6, 6.07) is 9.84. The molecule has 112 valence electrons. The Morgan fingerprint density at radius 1 is 1.29 bits per heavy atom. The Morgan fingerprint density at radius 3 is 2.57 bits per heavy atom. The molecule has 0 bridgehead atoms. The predicted octanol–water partition coefficient (Wildman–Crippen LogP) is 3.34. The molecule has 0 amide bonds. The number of anilines is 3. The van der Waals surface area contributed by atoms with Crippen LogP contribution in [0.4, 0.5) is 17.6 Å². The molecular formula is C15H20ClN5. The number of nitrogens with one attached hydrogen (secondary N) is 1. The van der Waals surface area contributed by atoms with Crippen molar-refractivity contribution in [2.45, 2.75) is 19.9 Å². The van der Waals surface area contributed by atoms with Gasteiger partial charge in [0.05, 0.1) is 6.04 Å². The number of benzene rings is 1. The van der Waals surface area contributed by atoms with E-state index in [1.807, 2.05) is 44.3 Å². The lowest BCUT2D eigenvalue weighted by Crippen LogP contribution is -2.23. The summed E-state index contributed by atoms with van der Waals surface area (Å²) in [5.74, 6) is 1.77. The molecule has 2 rings (SSSR count). The highest BCUT2D eigenvalue weighted by Gasteiger charge is 2.15. The van der Waals surface area contributed by atoms with E-state index >= 15 is 0 Å². The zero-order chi connectivity index (χ0) is 15.4. The van der Waals surface area contributed by atoms with E-state index in [1.54, 1.807) is 0 Å². The molecule has 1 unspecified atom stereocenters. The van der Waals surface area contributed by atoms with Crippen LogP contribution in [0.3, 0.4) is 0 Å². The lowest BCUT2D eigenvalue weighted by Gasteiger charge is -2.26. The van der Waals surface area contributed by atoms with Crippen molar-refractivity contribution in [2.24, 2.45) is 0 Å². The normalized spacial score (nSPS) is 12.0. The van der Waals surface area contributed by atoms with Gasteiger partial charge >= 0.3 is 0 Å². The average Bonchev–Trinajstić information content (AvgIpc) is 2.46. The predicted molar refractivity (Wildman–Crippen MR) is 88.9 cm³/mol. The van der Waals surface area contributed by atoms with Crippen molar-refractivity contribution in [1.29, 1.82) is 0 Å². The standard InChI is InChI=1S/C15H20ClN5/c1-4-18-13-9-14(20-15(17)19-13)21(3)10(2)11-5-7-12(16)8-6-11/h5-10H,4H2,1-3H3,(H3,17,18,19,20). The third kappa shape index (κ3) is 3.76. The molecule has 3 N–H and O–H groups in total. The molecule has 0 aliphatic heterocycles. The van der Waals surface area contributed by atoms with Crippen LogP contribution in [0, 0.1) is 0 Å². The molecule has 1 atom stereocenters. The Hall–Kier alpha value is -2.01. The summed E-state index contributed by atoms with van der Waals surface area (Å²) in [4.78, 5) is 10.5. The monoisotopic (exact) mass is 305 g/mol. The maximum atomic E-state index is 5.93. The summed E-state index contributed by atoms with van der Waals surface area (Å²) in [5.41, 5.74) is 6.94. The van der Waals surface area contributed by atoms with Crippen molar-refractivity contribution in [2.75, 3.05) is 29.5 Å². The summed E-state index contributed by atoms with van der Waals surface area (Å²) in [5, 5.41) is 3.89. The molecule has 2 aromatic rings. The molecule has 0 saturated carbocycles. The van der Waals surface area contributed by atoms with Crippen molar-refractivity contribution in [3.8, 4) is 0 Å². The SMILES string of the molecule is CCNc1cc(N(C)C(C)c2ccc(Cl)cc2)nc(N)n1. The fourth-order valence-electron chi connectivity index (χ4n) is 2.07. The molecule has 0 fully saturated rings. The van der Waals surface area contributed by atoms with Crippen LogP contribution in [0.25, 0.3) is 0 Å². The van der Waals surface area contributed by atoms with Crippen LogP contribution in [-0.4, -0.2) is 23.6 Å². The number of nitrogens with zero attached hydrogens (tertiary/aromatic N) is 3. The molecule has 1 aromatic heterocycles. The molecule has 6 heteroatoms. The first-order valence-electron chi connectivity index (χ1n) is 6.88. The average molecular weight is 306 g/mol. The van der Waals surface area contributed by atoms with E-state index in [2.05, 4.69) is 27.1 Å². The van der Waals surface area contributed by atoms with Gasteiger partial charge in [0.15, 0.2) is 0 Å². The highest BCUT2D eigenvalue weighted by atomic mass is 35.5. The quantitative estimate of drug-likeness (QED) is 0.887. The van der Waals surface area contributed by atoms with Crippen molar-refractivity contribution < 1.29 is 0 Å². The molecule has 21 heavy (non-hydrogen) atoms. The number of halogens is 1. The number of rotatable bonds is 5. The summed E-state index contributed by atoms with van der Waals surface area (Å²) >= 11 is 5.93. The molecule has 1 heterocycles. The summed E-state index contributed by atoms with van der Waals surface area (Å²) in [6.45, 7) is 4.90. The summed E-state index contributed by atoms with van der Waals surface area (Å²) < 4.78 is 0. The van der Waals surface area contributed by atoms with E-state index in [4.69, 9.17) is 17.3 Å². The van der Waals surface area contributed by atoms with Gasteiger partial charge in [-0.1, -0.05) is 23.7 Å². The molecule has 0 radical (unpaired) electrons. The third-order valence-corrected chi connectivity index (χ3v) is 3.63. The number of hydrogen-bond donors (Lipinski definition) is 2. The molecule has 0 saturated heterocycles. The molecule has 1 aromatic carbocycles. The van der Waals surface area contributed by atoms with E-state index in [0.29, 0.717) is 0 Å². The van der Waals surface area contributed by atoms with Gasteiger partial charge in [-0.15, -0.1) is 0 Å². The van der Waals surface area contributed by atoms with Crippen LogP contribution in [-0.2, 0) is 0 Å². The Kier molecular flexibility index (Phi) is 4.85. The van der Waals surface area contributed by atoms with E-state index in [-0.39, 0.29) is 12.0 Å². The number of nitrogen functional groups attached to an aromatic ring is 1. The number of hydrogen-bond acceptors (Lipinski definition) is 5. The molecular weight excluding hydrogens is 286 g/mol. The van der Waals surface area contributed by atoms with Crippen LogP contribution in [0.15, 0.2) is 30.3 Å². The molecule has 0 aliphatic carbocycles. The highest BCUT2D eigenvalue weighted by Crippen LogP contribution is 2.26. The van der Waals surface area contributed by atoms with E-state index in [0.717, 1.165) is 28.8 Å². The van der Waals surface area contributed by atoms with Crippen molar-refractivity contribution in [1.82, 2.24) is 9.97 Å². The van der Waals surface area contributed by atoms with Crippen LogP contribution in [0.2, 0.25) is 5.02 Å². The zero-order valence-corrected chi connectivity index (χ0v) is 13.2. The maximum absolute atomic E-state index is 5.93. The van der Waals surface area contributed by atoms with Gasteiger partial charge in [-0.25, -0.2) is 0 Å². The van der Waals surface area contributed by atoms with Gasteiger partial charge in [-0.05, 0) is 31.5 Å². The second-order valence-electron chi connectivity index (χ2n) is 4.84. The molecule has 0 spiro atoms. The van der Waals surface area contributed by atoms with E-state index in [1.165, 1.54) is 0 Å². The summed E-state index contributed by atoms with van der Waals surface area (Å²) in [6.07, 6.45) is 0. The Labute approximate surface area is 130 Å². The molecule has 0 aliphatic rings. The van der Waals surface area contributed by atoms with E-state index in [9.17, 15) is 0 Å². The van der Waals surface area contributed by atoms with Crippen LogP contribution >= 0.6 is 11.6 Å².